The van der Waals surface area contributed by atoms with E-state index in [0.717, 1.165) is 0 Å². The Hall–Kier alpha value is -2.89. The third-order valence-corrected chi connectivity index (χ3v) is 3.51. The zero-order valence-corrected chi connectivity index (χ0v) is 12.5. The van der Waals surface area contributed by atoms with Crippen LogP contribution < -0.4 is 9.30 Å². The van der Waals surface area contributed by atoms with Gasteiger partial charge < -0.3 is 4.74 Å². The Morgan fingerprint density at radius 1 is 0.958 bits per heavy atom. The lowest BCUT2D eigenvalue weighted by Crippen LogP contribution is -2.41. The van der Waals surface area contributed by atoms with E-state index >= 15 is 0 Å². The number of alkyl halides is 3. The van der Waals surface area contributed by atoms with Crippen LogP contribution in [0.15, 0.2) is 66.9 Å². The minimum absolute atomic E-state index is 0.250. The summed E-state index contributed by atoms with van der Waals surface area (Å²) in [6, 6.07) is 16.6. The number of pyridine rings is 1. The quantitative estimate of drug-likeness (QED) is 0.536. The van der Waals surface area contributed by atoms with Crippen LogP contribution in [0.3, 0.4) is 0 Å². The number of nitrogens with zero attached hydrogens (tertiary/aromatic N) is 1. The molecule has 0 amide bonds. The fourth-order valence-electron chi connectivity index (χ4n) is 2.45. The molecule has 0 fully saturated rings. The van der Waals surface area contributed by atoms with E-state index in [1.54, 1.807) is 54.6 Å². The first-order valence-electron chi connectivity index (χ1n) is 7.19. The number of fused-ring (bicyclic) bond motifs is 1. The van der Waals surface area contributed by atoms with Crippen molar-refractivity contribution in [2.45, 2.75) is 12.9 Å². The van der Waals surface area contributed by atoms with Gasteiger partial charge >= 0.3 is 12.2 Å². The van der Waals surface area contributed by atoms with Gasteiger partial charge in [0.1, 0.15) is 0 Å². The second-order valence-corrected chi connectivity index (χ2v) is 5.17. The molecular weight excluding hydrogens is 319 g/mol. The largest absolute Gasteiger partial charge is 0.577 e. The van der Waals surface area contributed by atoms with Crippen molar-refractivity contribution in [1.29, 1.82) is 0 Å². The van der Waals surface area contributed by atoms with E-state index in [4.69, 9.17) is 0 Å². The molecule has 1 aromatic heterocycles. The number of rotatable bonds is 4. The minimum Gasteiger partial charge on any atom is -0.350 e. The van der Waals surface area contributed by atoms with Crippen molar-refractivity contribution in [3.8, 4) is 5.88 Å². The van der Waals surface area contributed by atoms with Gasteiger partial charge in [-0.1, -0.05) is 48.5 Å². The maximum Gasteiger partial charge on any atom is 0.577 e. The van der Waals surface area contributed by atoms with Crippen molar-refractivity contribution in [2.75, 3.05) is 0 Å². The van der Waals surface area contributed by atoms with E-state index in [-0.39, 0.29) is 17.7 Å². The third kappa shape index (κ3) is 3.53. The Bertz CT molecular complexity index is 876. The SMILES string of the molecule is O=C(C[n+]1ccc2ccccc2c1OC(F)(F)F)c1ccccc1. The van der Waals surface area contributed by atoms with Gasteiger partial charge in [-0.3, -0.25) is 4.79 Å². The van der Waals surface area contributed by atoms with Crippen LogP contribution in [-0.4, -0.2) is 12.1 Å². The molecule has 0 atom stereocenters. The summed E-state index contributed by atoms with van der Waals surface area (Å²) >= 11 is 0. The fourth-order valence-corrected chi connectivity index (χ4v) is 2.45. The van der Waals surface area contributed by atoms with Crippen LogP contribution in [0.5, 0.6) is 5.88 Å². The van der Waals surface area contributed by atoms with E-state index in [9.17, 15) is 18.0 Å². The number of hydrogen-bond acceptors (Lipinski definition) is 2. The van der Waals surface area contributed by atoms with E-state index < -0.39 is 12.2 Å². The maximum absolute atomic E-state index is 12.8. The Balaban J connectivity index is 2.03. The maximum atomic E-state index is 12.8. The molecule has 1 heterocycles. The number of aromatic nitrogens is 1. The predicted molar refractivity (Wildman–Crippen MR) is 81.6 cm³/mol. The molecule has 0 aliphatic heterocycles. The highest BCUT2D eigenvalue weighted by Crippen LogP contribution is 2.27. The smallest absolute Gasteiger partial charge is 0.350 e. The first-order chi connectivity index (χ1) is 11.4. The molecular formula is C18H13F3NO2+. The molecule has 0 saturated carbocycles. The van der Waals surface area contributed by atoms with Gasteiger partial charge in [0, 0.05) is 11.6 Å². The number of Topliss-reactive ketones (excluding diaryl/α,β-unsaturated/α-hetero) is 1. The fraction of sp³-hybridized carbons (Fsp3) is 0.111. The molecule has 0 saturated heterocycles. The zero-order valence-electron chi connectivity index (χ0n) is 12.5. The van der Waals surface area contributed by atoms with Gasteiger partial charge in [-0.05, 0) is 11.5 Å². The van der Waals surface area contributed by atoms with Crippen molar-refractivity contribution >= 4 is 16.6 Å². The van der Waals surface area contributed by atoms with Crippen molar-refractivity contribution in [3.05, 3.63) is 72.4 Å². The number of carbonyl (C=O) groups is 1. The molecule has 6 heteroatoms. The molecule has 24 heavy (non-hydrogen) atoms. The second kappa shape index (κ2) is 6.31. The van der Waals surface area contributed by atoms with Crippen LogP contribution >= 0.6 is 0 Å². The molecule has 0 N–H and O–H groups in total. The lowest BCUT2D eigenvalue weighted by Gasteiger charge is -2.10. The topological polar surface area (TPSA) is 30.2 Å². The van der Waals surface area contributed by atoms with Gasteiger partial charge in [-0.2, -0.15) is 4.57 Å². The number of ether oxygens (including phenoxy) is 1. The molecule has 0 spiro atoms. The van der Waals surface area contributed by atoms with Crippen LogP contribution in [-0.2, 0) is 6.54 Å². The normalized spacial score (nSPS) is 11.5. The number of carbonyl (C=O) groups excluding carboxylic acids is 1. The van der Waals surface area contributed by atoms with Crippen molar-refractivity contribution in [3.63, 3.8) is 0 Å². The molecule has 0 unspecified atom stereocenters. The van der Waals surface area contributed by atoms with E-state index in [2.05, 4.69) is 4.74 Å². The van der Waals surface area contributed by atoms with Gasteiger partial charge in [0.05, 0.1) is 5.39 Å². The summed E-state index contributed by atoms with van der Waals surface area (Å²) in [6.07, 6.45) is -3.42. The Morgan fingerprint density at radius 3 is 2.33 bits per heavy atom. The highest BCUT2D eigenvalue weighted by Gasteiger charge is 2.36. The summed E-state index contributed by atoms with van der Waals surface area (Å²) in [7, 11) is 0. The highest BCUT2D eigenvalue weighted by molar-refractivity contribution is 5.95. The Labute approximate surface area is 135 Å². The first kappa shape index (κ1) is 16.0. The predicted octanol–water partition coefficient (Wildman–Crippen LogP) is 3.91. The summed E-state index contributed by atoms with van der Waals surface area (Å²) < 4.78 is 43.7. The number of ketones is 1. The minimum atomic E-state index is -4.85. The van der Waals surface area contributed by atoms with E-state index in [0.29, 0.717) is 10.9 Å². The van der Waals surface area contributed by atoms with Gasteiger partial charge in [-0.15, -0.1) is 13.2 Å². The summed E-state index contributed by atoms with van der Waals surface area (Å²) in [5, 5.41) is 0.887. The molecule has 0 bridgehead atoms. The molecule has 0 aliphatic carbocycles. The highest BCUT2D eigenvalue weighted by atomic mass is 19.4. The van der Waals surface area contributed by atoms with Gasteiger partial charge in [0.25, 0.3) is 0 Å². The summed E-state index contributed by atoms with van der Waals surface area (Å²) in [4.78, 5) is 12.3. The molecule has 2 aromatic carbocycles. The van der Waals surface area contributed by atoms with Crippen LogP contribution in [0.1, 0.15) is 10.4 Å². The molecule has 0 aliphatic rings. The summed E-state index contributed by atoms with van der Waals surface area (Å²) in [5.74, 6) is -0.701. The van der Waals surface area contributed by atoms with Gasteiger partial charge in [0.2, 0.25) is 12.3 Å². The van der Waals surface area contributed by atoms with Crippen LogP contribution in [0.2, 0.25) is 0 Å². The third-order valence-electron chi connectivity index (χ3n) is 3.51. The number of benzene rings is 2. The number of hydrogen-bond donors (Lipinski definition) is 0. The molecule has 3 nitrogen and oxygen atoms in total. The van der Waals surface area contributed by atoms with Gasteiger partial charge in [0.15, 0.2) is 6.20 Å². The van der Waals surface area contributed by atoms with E-state index in [1.807, 2.05) is 0 Å². The average molecular weight is 332 g/mol. The zero-order chi connectivity index (χ0) is 17.2. The Morgan fingerprint density at radius 2 is 1.62 bits per heavy atom. The van der Waals surface area contributed by atoms with Gasteiger partial charge in [-0.25, -0.2) is 0 Å². The second-order valence-electron chi connectivity index (χ2n) is 5.17. The lowest BCUT2D eigenvalue weighted by molar-refractivity contribution is -0.691. The molecule has 0 radical (unpaired) electrons. The molecule has 3 rings (SSSR count). The molecule has 3 aromatic rings. The monoisotopic (exact) mass is 332 g/mol. The van der Waals surface area contributed by atoms with Crippen LogP contribution in [0.25, 0.3) is 10.8 Å². The van der Waals surface area contributed by atoms with Crippen LogP contribution in [0, 0.1) is 0 Å². The van der Waals surface area contributed by atoms with Crippen LogP contribution in [0.4, 0.5) is 13.2 Å². The van der Waals surface area contributed by atoms with E-state index in [1.165, 1.54) is 16.8 Å². The number of halogens is 3. The standard InChI is InChI=1S/C18H13F3NO2/c19-18(20,21)24-17-15-9-5-4-6-13(15)10-11-22(17)12-16(23)14-7-2-1-3-8-14/h1-11H,12H2/q+1. The van der Waals surface area contributed by atoms with Crippen molar-refractivity contribution < 1.29 is 27.3 Å². The summed E-state index contributed by atoms with van der Waals surface area (Å²) in [6.45, 7) is -0.250. The lowest BCUT2D eigenvalue weighted by atomic mass is 10.1. The average Bonchev–Trinajstić information content (AvgIpc) is 2.56. The molecule has 122 valence electrons. The Kier molecular flexibility index (Phi) is 4.20. The first-order valence-corrected chi connectivity index (χ1v) is 7.19. The van der Waals surface area contributed by atoms with Crippen molar-refractivity contribution in [1.82, 2.24) is 0 Å². The summed E-state index contributed by atoms with van der Waals surface area (Å²) in [5.41, 5.74) is 0.427. The van der Waals surface area contributed by atoms with Crippen molar-refractivity contribution in [2.24, 2.45) is 0 Å².